The lowest BCUT2D eigenvalue weighted by atomic mass is 10.1. The van der Waals surface area contributed by atoms with Crippen LogP contribution < -0.4 is 5.32 Å². The van der Waals surface area contributed by atoms with Crippen molar-refractivity contribution in [3.63, 3.8) is 0 Å². The third-order valence-corrected chi connectivity index (χ3v) is 4.07. The average molecular weight is 355 g/mol. The first kappa shape index (κ1) is 15.3. The Labute approximate surface area is 132 Å². The zero-order valence-electron chi connectivity index (χ0n) is 11.7. The molecular weight excluding hydrogens is 338 g/mol. The number of hydrogen-bond donors (Lipinski definition) is 1. The highest BCUT2D eigenvalue weighted by Crippen LogP contribution is 2.25. The van der Waals surface area contributed by atoms with Crippen LogP contribution in [0, 0.1) is 6.92 Å². The Hall–Kier alpha value is -1.13. The molecule has 5 heteroatoms. The minimum absolute atomic E-state index is 0.150. The van der Waals surface area contributed by atoms with E-state index in [1.807, 2.05) is 26.0 Å². The minimum atomic E-state index is 0.150. The molecule has 2 rings (SSSR count). The van der Waals surface area contributed by atoms with E-state index in [2.05, 4.69) is 50.3 Å². The number of nitrogens with zero attached hydrogens (tertiary/aromatic N) is 2. The van der Waals surface area contributed by atoms with E-state index in [4.69, 9.17) is 11.6 Å². The fourth-order valence-electron chi connectivity index (χ4n) is 1.87. The van der Waals surface area contributed by atoms with Gasteiger partial charge in [0.15, 0.2) is 0 Å². The van der Waals surface area contributed by atoms with Crippen LogP contribution >= 0.6 is 27.5 Å². The Morgan fingerprint density at radius 1 is 1.25 bits per heavy atom. The van der Waals surface area contributed by atoms with Crippen molar-refractivity contribution >= 4 is 33.3 Å². The van der Waals surface area contributed by atoms with E-state index in [1.54, 1.807) is 0 Å². The van der Waals surface area contributed by atoms with E-state index >= 15 is 0 Å². The van der Waals surface area contributed by atoms with Crippen molar-refractivity contribution in [2.24, 2.45) is 0 Å². The molecule has 0 saturated carbocycles. The largest absolute Gasteiger partial charge is 0.363 e. The number of halogens is 2. The van der Waals surface area contributed by atoms with Crippen LogP contribution in [0.4, 0.5) is 5.82 Å². The number of hydrogen-bond acceptors (Lipinski definition) is 3. The summed E-state index contributed by atoms with van der Waals surface area (Å²) < 4.78 is 1.07. The SMILES string of the molecule is CCc1nc(Cl)c(C)c(NC(C)c2ccc(Br)cc2)n1. The average Bonchev–Trinajstić information content (AvgIpc) is 2.44. The third-order valence-electron chi connectivity index (χ3n) is 3.17. The van der Waals surface area contributed by atoms with E-state index in [1.165, 1.54) is 5.56 Å². The molecule has 3 nitrogen and oxygen atoms in total. The highest BCUT2D eigenvalue weighted by molar-refractivity contribution is 9.10. The molecule has 2 aromatic rings. The molecule has 20 heavy (non-hydrogen) atoms. The van der Waals surface area contributed by atoms with Gasteiger partial charge in [-0.05, 0) is 31.5 Å². The molecule has 0 aliphatic rings. The molecule has 0 aliphatic carbocycles. The number of rotatable bonds is 4. The zero-order valence-corrected chi connectivity index (χ0v) is 14.1. The van der Waals surface area contributed by atoms with Crippen molar-refractivity contribution in [3.8, 4) is 0 Å². The van der Waals surface area contributed by atoms with Crippen LogP contribution in [0.15, 0.2) is 28.7 Å². The standard InChI is InChI=1S/C15H17BrClN3/c1-4-13-19-14(17)9(2)15(20-13)18-10(3)11-5-7-12(16)8-6-11/h5-8,10H,4H2,1-3H3,(H,18,19,20). The quantitative estimate of drug-likeness (QED) is 0.791. The second-order valence-corrected chi connectivity index (χ2v) is 5.95. The molecule has 1 heterocycles. The molecule has 0 radical (unpaired) electrons. The second-order valence-electron chi connectivity index (χ2n) is 4.68. The first-order valence-corrected chi connectivity index (χ1v) is 7.73. The molecule has 1 N–H and O–H groups in total. The van der Waals surface area contributed by atoms with Gasteiger partial charge in [0.05, 0.1) is 0 Å². The Bertz CT molecular complexity index is 599. The van der Waals surface area contributed by atoms with Crippen LogP contribution in [0.25, 0.3) is 0 Å². The summed E-state index contributed by atoms with van der Waals surface area (Å²) in [5.74, 6) is 1.56. The van der Waals surface area contributed by atoms with Crippen LogP contribution in [0.3, 0.4) is 0 Å². The molecular formula is C15H17BrClN3. The first-order valence-electron chi connectivity index (χ1n) is 6.56. The van der Waals surface area contributed by atoms with Crippen molar-refractivity contribution in [1.29, 1.82) is 0 Å². The summed E-state index contributed by atoms with van der Waals surface area (Å²) >= 11 is 9.59. The lowest BCUT2D eigenvalue weighted by Gasteiger charge is -2.17. The maximum absolute atomic E-state index is 6.15. The number of aryl methyl sites for hydroxylation is 1. The highest BCUT2D eigenvalue weighted by atomic mass is 79.9. The van der Waals surface area contributed by atoms with Crippen LogP contribution in [0.1, 0.15) is 36.8 Å². The van der Waals surface area contributed by atoms with Gasteiger partial charge in [0.25, 0.3) is 0 Å². The normalized spacial score (nSPS) is 12.2. The molecule has 1 aromatic carbocycles. The van der Waals surface area contributed by atoms with Crippen LogP contribution in [0.2, 0.25) is 5.15 Å². The molecule has 0 amide bonds. The fraction of sp³-hybridized carbons (Fsp3) is 0.333. The molecule has 1 aromatic heterocycles. The van der Waals surface area contributed by atoms with Crippen LogP contribution in [0.5, 0.6) is 0 Å². The molecule has 0 aliphatic heterocycles. The van der Waals surface area contributed by atoms with Gasteiger partial charge in [-0.25, -0.2) is 9.97 Å². The Morgan fingerprint density at radius 3 is 2.50 bits per heavy atom. The van der Waals surface area contributed by atoms with Gasteiger partial charge < -0.3 is 5.32 Å². The van der Waals surface area contributed by atoms with Crippen molar-refractivity contribution < 1.29 is 0 Å². The summed E-state index contributed by atoms with van der Waals surface area (Å²) in [6.07, 6.45) is 0.765. The number of anilines is 1. The van der Waals surface area contributed by atoms with Crippen molar-refractivity contribution in [2.75, 3.05) is 5.32 Å². The Balaban J connectivity index is 2.25. The van der Waals surface area contributed by atoms with Gasteiger partial charge in [-0.15, -0.1) is 0 Å². The number of aromatic nitrogens is 2. The van der Waals surface area contributed by atoms with Crippen molar-refractivity contribution in [3.05, 3.63) is 50.8 Å². The molecule has 0 bridgehead atoms. The minimum Gasteiger partial charge on any atom is -0.363 e. The molecule has 0 fully saturated rings. The van der Waals surface area contributed by atoms with Crippen molar-refractivity contribution in [2.45, 2.75) is 33.2 Å². The van der Waals surface area contributed by atoms with E-state index in [-0.39, 0.29) is 6.04 Å². The number of nitrogens with one attached hydrogen (secondary N) is 1. The zero-order chi connectivity index (χ0) is 14.7. The molecule has 1 unspecified atom stereocenters. The van der Waals surface area contributed by atoms with E-state index in [0.29, 0.717) is 5.15 Å². The smallest absolute Gasteiger partial charge is 0.137 e. The van der Waals surface area contributed by atoms with Gasteiger partial charge in [-0.1, -0.05) is 46.6 Å². The maximum atomic E-state index is 6.15. The monoisotopic (exact) mass is 353 g/mol. The predicted octanol–water partition coefficient (Wildman–Crippen LogP) is 4.94. The van der Waals surface area contributed by atoms with Gasteiger partial charge in [0.1, 0.15) is 16.8 Å². The van der Waals surface area contributed by atoms with Gasteiger partial charge >= 0.3 is 0 Å². The summed E-state index contributed by atoms with van der Waals surface area (Å²) in [5.41, 5.74) is 2.08. The van der Waals surface area contributed by atoms with Crippen molar-refractivity contribution in [1.82, 2.24) is 9.97 Å². The second kappa shape index (κ2) is 6.55. The van der Waals surface area contributed by atoms with Gasteiger partial charge in [-0.3, -0.25) is 0 Å². The summed E-state index contributed by atoms with van der Waals surface area (Å²) in [4.78, 5) is 8.77. The highest BCUT2D eigenvalue weighted by Gasteiger charge is 2.12. The lowest BCUT2D eigenvalue weighted by molar-refractivity contribution is 0.851. The summed E-state index contributed by atoms with van der Waals surface area (Å²) in [6, 6.07) is 8.38. The summed E-state index contributed by atoms with van der Waals surface area (Å²) in [7, 11) is 0. The maximum Gasteiger partial charge on any atom is 0.137 e. The molecule has 0 spiro atoms. The Kier molecular flexibility index (Phi) is 5.00. The van der Waals surface area contributed by atoms with Crippen LogP contribution in [-0.4, -0.2) is 9.97 Å². The fourth-order valence-corrected chi connectivity index (χ4v) is 2.32. The van der Waals surface area contributed by atoms with Gasteiger partial charge in [-0.2, -0.15) is 0 Å². The topological polar surface area (TPSA) is 37.8 Å². The van der Waals surface area contributed by atoms with Gasteiger partial charge in [0, 0.05) is 22.5 Å². The van der Waals surface area contributed by atoms with E-state index < -0.39 is 0 Å². The lowest BCUT2D eigenvalue weighted by Crippen LogP contribution is -2.11. The van der Waals surface area contributed by atoms with Crippen LogP contribution in [-0.2, 0) is 6.42 Å². The summed E-state index contributed by atoms with van der Waals surface area (Å²) in [6.45, 7) is 6.05. The summed E-state index contributed by atoms with van der Waals surface area (Å²) in [5, 5.41) is 3.93. The third kappa shape index (κ3) is 3.49. The Morgan fingerprint density at radius 2 is 1.90 bits per heavy atom. The van der Waals surface area contributed by atoms with Gasteiger partial charge in [0.2, 0.25) is 0 Å². The molecule has 0 saturated heterocycles. The van der Waals surface area contributed by atoms with E-state index in [9.17, 15) is 0 Å². The molecule has 106 valence electrons. The van der Waals surface area contributed by atoms with E-state index in [0.717, 1.165) is 28.1 Å². The number of benzene rings is 1. The predicted molar refractivity (Wildman–Crippen MR) is 87.3 cm³/mol. The first-order chi connectivity index (χ1) is 9.51. The molecule has 1 atom stereocenters.